The normalized spacial score (nSPS) is 10.6. The maximum absolute atomic E-state index is 11.1. The molecule has 0 radical (unpaired) electrons. The van der Waals surface area contributed by atoms with E-state index in [4.69, 9.17) is 11.5 Å². The molecule has 1 aromatic heterocycles. The van der Waals surface area contributed by atoms with E-state index in [2.05, 4.69) is 26.1 Å². The van der Waals surface area contributed by atoms with Gasteiger partial charge in [0.15, 0.2) is 5.69 Å². The number of hydrogen-bond donors (Lipinski definition) is 2. The van der Waals surface area contributed by atoms with Crippen LogP contribution >= 0.6 is 15.9 Å². The summed E-state index contributed by atoms with van der Waals surface area (Å²) in [5.74, 6) is -0.676. The Balaban J connectivity index is 2.89. The summed E-state index contributed by atoms with van der Waals surface area (Å²) in [7, 11) is 0. The molecule has 0 saturated heterocycles. The second-order valence-corrected chi connectivity index (χ2v) is 4.32. The SMILES string of the molecule is Cc1cc(Br)c2nnc(C(N)=O)c(N)c2c1. The average molecular weight is 281 g/mol. The van der Waals surface area contributed by atoms with Crippen molar-refractivity contribution in [3.8, 4) is 0 Å². The van der Waals surface area contributed by atoms with Crippen LogP contribution in [0.3, 0.4) is 0 Å². The highest BCUT2D eigenvalue weighted by Crippen LogP contribution is 2.28. The second kappa shape index (κ2) is 3.71. The molecule has 0 aliphatic rings. The predicted octanol–water partition coefficient (Wildman–Crippen LogP) is 1.38. The maximum Gasteiger partial charge on any atom is 0.271 e. The van der Waals surface area contributed by atoms with Gasteiger partial charge in [-0.15, -0.1) is 10.2 Å². The molecule has 6 heteroatoms. The third-order valence-corrected chi connectivity index (χ3v) is 2.84. The maximum atomic E-state index is 11.1. The van der Waals surface area contributed by atoms with E-state index in [1.807, 2.05) is 19.1 Å². The lowest BCUT2D eigenvalue weighted by Crippen LogP contribution is -2.16. The number of hydrogen-bond acceptors (Lipinski definition) is 4. The number of benzene rings is 1. The van der Waals surface area contributed by atoms with E-state index >= 15 is 0 Å². The smallest absolute Gasteiger partial charge is 0.271 e. The Morgan fingerprint density at radius 3 is 2.69 bits per heavy atom. The van der Waals surface area contributed by atoms with Crippen LogP contribution in [0, 0.1) is 6.92 Å². The van der Waals surface area contributed by atoms with Crippen LogP contribution in [-0.4, -0.2) is 16.1 Å². The molecule has 1 amide bonds. The zero-order valence-corrected chi connectivity index (χ0v) is 10.1. The summed E-state index contributed by atoms with van der Waals surface area (Å²) >= 11 is 3.37. The van der Waals surface area contributed by atoms with Crippen LogP contribution in [-0.2, 0) is 0 Å². The lowest BCUT2D eigenvalue weighted by molar-refractivity contribution is 0.0996. The predicted molar refractivity (Wildman–Crippen MR) is 64.9 cm³/mol. The largest absolute Gasteiger partial charge is 0.396 e. The van der Waals surface area contributed by atoms with Gasteiger partial charge in [0.05, 0.1) is 5.69 Å². The molecule has 1 aromatic carbocycles. The summed E-state index contributed by atoms with van der Waals surface area (Å²) in [5.41, 5.74) is 12.9. The minimum absolute atomic E-state index is 0.00463. The topological polar surface area (TPSA) is 94.9 Å². The number of aromatic nitrogens is 2. The highest BCUT2D eigenvalue weighted by Gasteiger charge is 2.14. The number of rotatable bonds is 1. The van der Waals surface area contributed by atoms with Gasteiger partial charge < -0.3 is 11.5 Å². The number of carbonyl (C=O) groups excluding carboxylic acids is 1. The highest BCUT2D eigenvalue weighted by atomic mass is 79.9. The van der Waals surface area contributed by atoms with E-state index in [9.17, 15) is 4.79 Å². The summed E-state index contributed by atoms with van der Waals surface area (Å²) < 4.78 is 0.790. The zero-order chi connectivity index (χ0) is 11.9. The van der Waals surface area contributed by atoms with E-state index in [0.29, 0.717) is 10.9 Å². The highest BCUT2D eigenvalue weighted by molar-refractivity contribution is 9.10. The molecule has 16 heavy (non-hydrogen) atoms. The Hall–Kier alpha value is -1.69. The first-order valence-electron chi connectivity index (χ1n) is 4.52. The molecule has 1 heterocycles. The van der Waals surface area contributed by atoms with Gasteiger partial charge in [0.25, 0.3) is 5.91 Å². The number of nitrogen functional groups attached to an aromatic ring is 1. The van der Waals surface area contributed by atoms with Gasteiger partial charge in [0.2, 0.25) is 0 Å². The lowest BCUT2D eigenvalue weighted by Gasteiger charge is -2.06. The molecule has 0 fully saturated rings. The molecule has 0 atom stereocenters. The van der Waals surface area contributed by atoms with Crippen molar-refractivity contribution in [3.63, 3.8) is 0 Å². The van der Waals surface area contributed by atoms with Crippen molar-refractivity contribution >= 4 is 38.4 Å². The molecule has 2 aromatic rings. The van der Waals surface area contributed by atoms with Crippen molar-refractivity contribution in [1.29, 1.82) is 0 Å². The van der Waals surface area contributed by atoms with Gasteiger partial charge in [-0.1, -0.05) is 0 Å². The third kappa shape index (κ3) is 1.61. The molecule has 0 unspecified atom stereocenters. The number of nitrogens with zero attached hydrogens (tertiary/aromatic N) is 2. The van der Waals surface area contributed by atoms with Crippen LogP contribution in [0.25, 0.3) is 10.9 Å². The van der Waals surface area contributed by atoms with Crippen molar-refractivity contribution < 1.29 is 4.79 Å². The molecule has 4 N–H and O–H groups in total. The van der Waals surface area contributed by atoms with Crippen LogP contribution in [0.2, 0.25) is 0 Å². The van der Waals surface area contributed by atoms with Gasteiger partial charge in [0, 0.05) is 9.86 Å². The number of halogens is 1. The lowest BCUT2D eigenvalue weighted by atomic mass is 10.1. The van der Waals surface area contributed by atoms with Gasteiger partial charge in [-0.25, -0.2) is 0 Å². The van der Waals surface area contributed by atoms with Crippen LogP contribution in [0.1, 0.15) is 16.1 Å². The molecule has 0 aliphatic carbocycles. The molecular weight excluding hydrogens is 272 g/mol. The molecule has 82 valence electrons. The van der Waals surface area contributed by atoms with Gasteiger partial charge in [-0.2, -0.15) is 0 Å². The van der Waals surface area contributed by atoms with E-state index in [1.54, 1.807) is 0 Å². The standard InChI is InChI=1S/C10H9BrN4O/c1-4-2-5-7(12)9(10(13)16)15-14-8(5)6(11)3-4/h2-3H,1H3,(H2,12,14)(H2,13,16). The van der Waals surface area contributed by atoms with Crippen molar-refractivity contribution in [2.45, 2.75) is 6.92 Å². The van der Waals surface area contributed by atoms with Crippen molar-refractivity contribution in [2.75, 3.05) is 5.73 Å². The van der Waals surface area contributed by atoms with E-state index < -0.39 is 5.91 Å². The molecule has 0 spiro atoms. The molecule has 0 aliphatic heterocycles. The van der Waals surface area contributed by atoms with Gasteiger partial charge in [0.1, 0.15) is 5.52 Å². The number of fused-ring (bicyclic) bond motifs is 1. The first-order valence-corrected chi connectivity index (χ1v) is 5.32. The quantitative estimate of drug-likeness (QED) is 0.825. The zero-order valence-electron chi connectivity index (χ0n) is 8.49. The van der Waals surface area contributed by atoms with E-state index in [1.165, 1.54) is 0 Å². The van der Waals surface area contributed by atoms with E-state index in [-0.39, 0.29) is 11.4 Å². The van der Waals surface area contributed by atoms with Crippen molar-refractivity contribution in [2.24, 2.45) is 5.73 Å². The number of aryl methyl sites for hydroxylation is 1. The summed E-state index contributed by atoms with van der Waals surface area (Å²) in [4.78, 5) is 11.1. The Bertz CT molecular complexity index is 597. The Labute approximate surface area is 100.0 Å². The monoisotopic (exact) mass is 280 g/mol. The van der Waals surface area contributed by atoms with Crippen LogP contribution in [0.15, 0.2) is 16.6 Å². The van der Waals surface area contributed by atoms with Gasteiger partial charge in [-0.3, -0.25) is 4.79 Å². The fraction of sp³-hybridized carbons (Fsp3) is 0.100. The number of carbonyl (C=O) groups is 1. The third-order valence-electron chi connectivity index (χ3n) is 2.24. The van der Waals surface area contributed by atoms with Crippen molar-refractivity contribution in [3.05, 3.63) is 27.9 Å². The Morgan fingerprint density at radius 1 is 1.38 bits per heavy atom. The molecular formula is C10H9BrN4O. The first kappa shape index (κ1) is 10.8. The summed E-state index contributed by atoms with van der Waals surface area (Å²) in [6.45, 7) is 1.92. The minimum Gasteiger partial charge on any atom is -0.396 e. The average Bonchev–Trinajstić information content (AvgIpc) is 2.19. The molecule has 2 rings (SSSR count). The Kier molecular flexibility index (Phi) is 2.51. The molecule has 5 nitrogen and oxygen atoms in total. The summed E-state index contributed by atoms with van der Waals surface area (Å²) in [6, 6.07) is 3.75. The number of amides is 1. The summed E-state index contributed by atoms with van der Waals surface area (Å²) in [5, 5.41) is 8.32. The van der Waals surface area contributed by atoms with Gasteiger partial charge >= 0.3 is 0 Å². The van der Waals surface area contributed by atoms with Crippen molar-refractivity contribution in [1.82, 2.24) is 10.2 Å². The number of anilines is 1. The molecule has 0 bridgehead atoms. The van der Waals surface area contributed by atoms with Crippen LogP contribution < -0.4 is 11.5 Å². The fourth-order valence-electron chi connectivity index (χ4n) is 1.50. The Morgan fingerprint density at radius 2 is 2.06 bits per heavy atom. The molecule has 0 saturated carbocycles. The summed E-state index contributed by atoms with van der Waals surface area (Å²) in [6.07, 6.45) is 0. The van der Waals surface area contributed by atoms with Gasteiger partial charge in [-0.05, 0) is 40.5 Å². The van der Waals surface area contributed by atoms with Crippen LogP contribution in [0.4, 0.5) is 5.69 Å². The van der Waals surface area contributed by atoms with Crippen LogP contribution in [0.5, 0.6) is 0 Å². The second-order valence-electron chi connectivity index (χ2n) is 3.47. The number of primary amides is 1. The first-order chi connectivity index (χ1) is 7.50. The fourth-order valence-corrected chi connectivity index (χ4v) is 2.16. The van der Waals surface area contributed by atoms with E-state index in [0.717, 1.165) is 10.0 Å². The minimum atomic E-state index is -0.676. The number of nitrogens with two attached hydrogens (primary N) is 2.